The molecule has 0 amide bonds. The SMILES string of the molecule is CCc1cc(Cl)c(OC)c(N2CCN(CC)CC2)c1.NC1CCCCC1. The summed E-state index contributed by atoms with van der Waals surface area (Å²) in [6.45, 7) is 9.77. The molecule has 2 fully saturated rings. The summed E-state index contributed by atoms with van der Waals surface area (Å²) in [7, 11) is 1.69. The smallest absolute Gasteiger partial charge is 0.160 e. The van der Waals surface area contributed by atoms with E-state index >= 15 is 0 Å². The third kappa shape index (κ3) is 6.04. The standard InChI is InChI=1S/C15H23ClN2O.C6H13N/c1-4-12-10-13(16)15(19-3)14(11-12)18-8-6-17(5-2)7-9-18;7-6-4-2-1-3-5-6/h10-11H,4-9H2,1-3H3;6H,1-5,7H2. The van der Waals surface area contributed by atoms with Crippen LogP contribution >= 0.6 is 11.6 Å². The summed E-state index contributed by atoms with van der Waals surface area (Å²) in [6.07, 6.45) is 7.65. The van der Waals surface area contributed by atoms with Crippen LogP contribution in [0.15, 0.2) is 12.1 Å². The van der Waals surface area contributed by atoms with Crippen LogP contribution in [0.1, 0.15) is 51.5 Å². The van der Waals surface area contributed by atoms with Crippen molar-refractivity contribution in [3.63, 3.8) is 0 Å². The second-order valence-electron chi connectivity index (χ2n) is 7.30. The van der Waals surface area contributed by atoms with Crippen LogP contribution in [-0.2, 0) is 6.42 Å². The van der Waals surface area contributed by atoms with Gasteiger partial charge in [0.15, 0.2) is 5.75 Å². The maximum atomic E-state index is 6.33. The van der Waals surface area contributed by atoms with E-state index in [-0.39, 0.29) is 0 Å². The summed E-state index contributed by atoms with van der Waals surface area (Å²) in [5.41, 5.74) is 8.04. The van der Waals surface area contributed by atoms with E-state index in [1.165, 1.54) is 37.7 Å². The molecule has 1 aromatic carbocycles. The van der Waals surface area contributed by atoms with E-state index in [1.54, 1.807) is 7.11 Å². The number of anilines is 1. The Morgan fingerprint density at radius 3 is 2.19 bits per heavy atom. The summed E-state index contributed by atoms with van der Waals surface area (Å²) in [5.74, 6) is 0.809. The highest BCUT2D eigenvalue weighted by atomic mass is 35.5. The molecule has 0 aromatic heterocycles. The van der Waals surface area contributed by atoms with Gasteiger partial charge in [-0.25, -0.2) is 0 Å². The largest absolute Gasteiger partial charge is 0.493 e. The zero-order chi connectivity index (χ0) is 18.9. The number of likely N-dealkylation sites (N-methyl/N-ethyl adjacent to an activating group) is 1. The molecule has 26 heavy (non-hydrogen) atoms. The lowest BCUT2D eigenvalue weighted by molar-refractivity contribution is 0.270. The van der Waals surface area contributed by atoms with Crippen LogP contribution in [0.5, 0.6) is 5.75 Å². The van der Waals surface area contributed by atoms with E-state index in [1.807, 2.05) is 6.07 Å². The number of aryl methyl sites for hydroxylation is 1. The fourth-order valence-electron chi connectivity index (χ4n) is 3.71. The molecule has 1 aliphatic heterocycles. The van der Waals surface area contributed by atoms with Gasteiger partial charge in [-0.3, -0.25) is 0 Å². The Labute approximate surface area is 164 Å². The van der Waals surface area contributed by atoms with E-state index in [0.29, 0.717) is 6.04 Å². The van der Waals surface area contributed by atoms with Crippen molar-refractivity contribution < 1.29 is 4.74 Å². The number of hydrogen-bond donors (Lipinski definition) is 1. The number of nitrogens with zero attached hydrogens (tertiary/aromatic N) is 2. The van der Waals surface area contributed by atoms with Crippen LogP contribution in [0, 0.1) is 0 Å². The Hall–Kier alpha value is -0.970. The van der Waals surface area contributed by atoms with Crippen molar-refractivity contribution in [2.45, 2.75) is 58.4 Å². The lowest BCUT2D eigenvalue weighted by Crippen LogP contribution is -2.46. The lowest BCUT2D eigenvalue weighted by atomic mass is 9.97. The Kier molecular flexibility index (Phi) is 9.03. The molecular weight excluding hydrogens is 346 g/mol. The number of halogens is 1. The number of nitrogens with two attached hydrogens (primary N) is 1. The van der Waals surface area contributed by atoms with Gasteiger partial charge in [-0.1, -0.05) is 44.7 Å². The lowest BCUT2D eigenvalue weighted by Gasteiger charge is -2.36. The van der Waals surface area contributed by atoms with Gasteiger partial charge in [-0.2, -0.15) is 0 Å². The monoisotopic (exact) mass is 381 g/mol. The van der Waals surface area contributed by atoms with E-state index in [9.17, 15) is 0 Å². The third-order valence-electron chi connectivity index (χ3n) is 5.51. The van der Waals surface area contributed by atoms with Gasteiger partial charge in [0.1, 0.15) is 0 Å². The Morgan fingerprint density at radius 2 is 1.73 bits per heavy atom. The molecule has 0 spiro atoms. The topological polar surface area (TPSA) is 41.7 Å². The Morgan fingerprint density at radius 1 is 1.08 bits per heavy atom. The van der Waals surface area contributed by atoms with Gasteiger partial charge >= 0.3 is 0 Å². The van der Waals surface area contributed by atoms with Crippen molar-refractivity contribution in [3.05, 3.63) is 22.7 Å². The first-order valence-corrected chi connectivity index (χ1v) is 10.6. The molecule has 1 aromatic rings. The van der Waals surface area contributed by atoms with Crippen molar-refractivity contribution in [1.82, 2.24) is 4.90 Å². The first-order chi connectivity index (χ1) is 12.6. The zero-order valence-corrected chi connectivity index (χ0v) is 17.5. The van der Waals surface area contributed by atoms with Gasteiger partial charge in [0.05, 0.1) is 17.8 Å². The predicted octanol–water partition coefficient (Wildman–Crippen LogP) is 4.33. The number of benzene rings is 1. The molecule has 1 aliphatic carbocycles. The van der Waals surface area contributed by atoms with Gasteiger partial charge in [-0.15, -0.1) is 0 Å². The molecule has 0 atom stereocenters. The molecule has 2 aliphatic rings. The first kappa shape index (κ1) is 21.3. The second kappa shape index (κ2) is 11.0. The fourth-order valence-corrected chi connectivity index (χ4v) is 4.03. The van der Waals surface area contributed by atoms with Crippen molar-refractivity contribution in [3.8, 4) is 5.75 Å². The van der Waals surface area contributed by atoms with Crippen LogP contribution in [-0.4, -0.2) is 50.8 Å². The van der Waals surface area contributed by atoms with Crippen LogP contribution in [0.4, 0.5) is 5.69 Å². The average molecular weight is 382 g/mol. The minimum absolute atomic E-state index is 0.536. The summed E-state index contributed by atoms with van der Waals surface area (Å²) in [5, 5.41) is 0.717. The van der Waals surface area contributed by atoms with E-state index in [4.69, 9.17) is 22.1 Å². The first-order valence-electron chi connectivity index (χ1n) is 10.2. The molecule has 3 rings (SSSR count). The molecule has 1 heterocycles. The molecule has 0 radical (unpaired) electrons. The quantitative estimate of drug-likeness (QED) is 0.842. The van der Waals surface area contributed by atoms with Crippen LogP contribution < -0.4 is 15.4 Å². The molecule has 148 valence electrons. The summed E-state index contributed by atoms with van der Waals surface area (Å²) in [6, 6.07) is 4.76. The van der Waals surface area contributed by atoms with Crippen LogP contribution in [0.25, 0.3) is 0 Å². The number of methoxy groups -OCH3 is 1. The normalized spacial score (nSPS) is 19.0. The average Bonchev–Trinajstić information content (AvgIpc) is 2.68. The number of rotatable bonds is 4. The highest BCUT2D eigenvalue weighted by molar-refractivity contribution is 6.32. The maximum Gasteiger partial charge on any atom is 0.160 e. The van der Waals surface area contributed by atoms with Gasteiger partial charge in [0, 0.05) is 32.2 Å². The molecule has 1 saturated heterocycles. The maximum absolute atomic E-state index is 6.33. The van der Waals surface area contributed by atoms with Crippen molar-refractivity contribution >= 4 is 17.3 Å². The number of piperazine rings is 1. The molecule has 0 unspecified atom stereocenters. The number of ether oxygens (including phenoxy) is 1. The van der Waals surface area contributed by atoms with Crippen molar-refractivity contribution in [2.75, 3.05) is 44.7 Å². The highest BCUT2D eigenvalue weighted by Gasteiger charge is 2.20. The van der Waals surface area contributed by atoms with Crippen LogP contribution in [0.2, 0.25) is 5.02 Å². The van der Waals surface area contributed by atoms with E-state index in [2.05, 4.69) is 29.7 Å². The van der Waals surface area contributed by atoms with Gasteiger partial charge in [-0.05, 0) is 43.5 Å². The Balaban J connectivity index is 0.000000290. The molecule has 0 bridgehead atoms. The van der Waals surface area contributed by atoms with Gasteiger partial charge < -0.3 is 20.3 Å². The highest BCUT2D eigenvalue weighted by Crippen LogP contribution is 2.37. The van der Waals surface area contributed by atoms with Crippen molar-refractivity contribution in [2.24, 2.45) is 5.73 Å². The fraction of sp³-hybridized carbons (Fsp3) is 0.714. The summed E-state index contributed by atoms with van der Waals surface area (Å²) in [4.78, 5) is 4.85. The van der Waals surface area contributed by atoms with Gasteiger partial charge in [0.2, 0.25) is 0 Å². The number of hydrogen-bond acceptors (Lipinski definition) is 4. The predicted molar refractivity (Wildman–Crippen MR) is 113 cm³/mol. The molecule has 2 N–H and O–H groups in total. The van der Waals surface area contributed by atoms with Crippen molar-refractivity contribution in [1.29, 1.82) is 0 Å². The molecule has 5 heteroatoms. The minimum Gasteiger partial charge on any atom is -0.493 e. The van der Waals surface area contributed by atoms with E-state index < -0.39 is 0 Å². The minimum atomic E-state index is 0.536. The molecule has 4 nitrogen and oxygen atoms in total. The summed E-state index contributed by atoms with van der Waals surface area (Å²) < 4.78 is 5.49. The molecule has 1 saturated carbocycles. The summed E-state index contributed by atoms with van der Waals surface area (Å²) >= 11 is 6.33. The third-order valence-corrected chi connectivity index (χ3v) is 5.79. The zero-order valence-electron chi connectivity index (χ0n) is 16.8. The van der Waals surface area contributed by atoms with Crippen LogP contribution in [0.3, 0.4) is 0 Å². The van der Waals surface area contributed by atoms with Gasteiger partial charge in [0.25, 0.3) is 0 Å². The Bertz CT molecular complexity index is 538. The molecular formula is C21H36ClN3O. The second-order valence-corrected chi connectivity index (χ2v) is 7.71. The van der Waals surface area contributed by atoms with E-state index in [0.717, 1.165) is 55.6 Å².